The first-order chi connectivity index (χ1) is 17.7. The topological polar surface area (TPSA) is 142 Å². The summed E-state index contributed by atoms with van der Waals surface area (Å²) in [4.78, 5) is 40.3. The molecule has 17 heteroatoms. The van der Waals surface area contributed by atoms with Crippen molar-refractivity contribution in [3.05, 3.63) is 78.7 Å². The highest BCUT2D eigenvalue weighted by atomic mass is 35.5. The number of aromatic amines is 1. The number of amides is 2. The molecule has 0 bridgehead atoms. The average Bonchev–Trinajstić information content (AvgIpc) is 3.25. The third-order valence-electron chi connectivity index (χ3n) is 4.88. The molecule has 0 fully saturated rings. The van der Waals surface area contributed by atoms with Crippen molar-refractivity contribution in [3.63, 3.8) is 0 Å². The van der Waals surface area contributed by atoms with Crippen molar-refractivity contribution in [1.29, 1.82) is 0 Å². The summed E-state index contributed by atoms with van der Waals surface area (Å²) < 4.78 is 64.5. The lowest BCUT2D eigenvalue weighted by molar-refractivity contribution is -0.115. The van der Waals surface area contributed by atoms with Gasteiger partial charge in [0.15, 0.2) is 0 Å². The molecule has 0 aliphatic rings. The second-order valence-corrected chi connectivity index (χ2v) is 11.6. The number of halogens is 5. The van der Waals surface area contributed by atoms with Gasteiger partial charge >= 0.3 is 17.9 Å². The number of fused-ring (bicyclic) bond motifs is 1. The van der Waals surface area contributed by atoms with Crippen LogP contribution in [0.4, 0.5) is 29.3 Å². The minimum Gasteiger partial charge on any atom is -0.376 e. The maximum Gasteiger partial charge on any atom is 0.405 e. The summed E-state index contributed by atoms with van der Waals surface area (Å²) in [5.74, 6) is 0. The van der Waals surface area contributed by atoms with Crippen molar-refractivity contribution < 1.29 is 26.4 Å². The molecule has 2 heterocycles. The van der Waals surface area contributed by atoms with Gasteiger partial charge in [0.25, 0.3) is 15.6 Å². The number of hydrogen-bond donors (Lipinski definition) is 4. The van der Waals surface area contributed by atoms with Crippen LogP contribution >= 0.6 is 34.5 Å². The highest BCUT2D eigenvalue weighted by Crippen LogP contribution is 2.26. The Morgan fingerprint density at radius 2 is 1.74 bits per heavy atom. The first kappa shape index (κ1) is 27.5. The van der Waals surface area contributed by atoms with Crippen LogP contribution in [0, 0.1) is 0 Å². The first-order valence-electron chi connectivity index (χ1n) is 10.2. The van der Waals surface area contributed by atoms with E-state index in [1.165, 1.54) is 48.5 Å². The van der Waals surface area contributed by atoms with Crippen molar-refractivity contribution in [2.45, 2.75) is 10.4 Å². The molecule has 4 aromatic rings. The van der Waals surface area contributed by atoms with Gasteiger partial charge in [-0.25, -0.2) is 27.3 Å². The van der Waals surface area contributed by atoms with Gasteiger partial charge in [-0.15, -0.1) is 11.3 Å². The number of rotatable bonds is 6. The van der Waals surface area contributed by atoms with Gasteiger partial charge in [0.05, 0.1) is 25.9 Å². The van der Waals surface area contributed by atoms with Gasteiger partial charge in [-0.05, 0) is 48.5 Å². The standard InChI is InChI=1S/C21H14Cl2F3N5O5S2/c22-13-7-11(28-19(33)30-38(35,36)17-6-5-16(23)37-17)2-4-15(13)31-18(32)12-3-1-10(27-9-21(24,25)26)8-14(12)29-20(31)34/h1-8,27H,9H2,(H,29,34)(H2,28,30,33). The van der Waals surface area contributed by atoms with Crippen molar-refractivity contribution >= 4 is 72.9 Å². The summed E-state index contributed by atoms with van der Waals surface area (Å²) in [7, 11) is -4.18. The van der Waals surface area contributed by atoms with Gasteiger partial charge < -0.3 is 15.6 Å². The molecular formula is C21H14Cl2F3N5O5S2. The molecule has 10 nitrogen and oxygen atoms in total. The summed E-state index contributed by atoms with van der Waals surface area (Å²) in [6, 6.07) is 8.88. The molecule has 4 N–H and O–H groups in total. The van der Waals surface area contributed by atoms with Gasteiger partial charge in [0.1, 0.15) is 10.8 Å². The minimum absolute atomic E-state index is 0.00121. The molecule has 0 aliphatic heterocycles. The Morgan fingerprint density at radius 3 is 2.37 bits per heavy atom. The fourth-order valence-electron chi connectivity index (χ4n) is 3.29. The van der Waals surface area contributed by atoms with Crippen LogP contribution in [0.2, 0.25) is 9.36 Å². The van der Waals surface area contributed by atoms with Gasteiger partial charge in [-0.1, -0.05) is 23.2 Å². The van der Waals surface area contributed by atoms with Crippen molar-refractivity contribution in [1.82, 2.24) is 14.3 Å². The Bertz CT molecular complexity index is 1780. The summed E-state index contributed by atoms with van der Waals surface area (Å²) >= 11 is 12.7. The molecular weight excluding hydrogens is 594 g/mol. The van der Waals surface area contributed by atoms with E-state index in [2.05, 4.69) is 15.6 Å². The van der Waals surface area contributed by atoms with E-state index < -0.39 is 40.0 Å². The zero-order valence-corrected chi connectivity index (χ0v) is 21.7. The van der Waals surface area contributed by atoms with Crippen molar-refractivity contribution in [2.75, 3.05) is 17.2 Å². The summed E-state index contributed by atoms with van der Waals surface area (Å²) in [6.07, 6.45) is -4.46. The average molecular weight is 608 g/mol. The van der Waals surface area contributed by atoms with E-state index in [0.717, 1.165) is 11.3 Å². The molecule has 0 saturated heterocycles. The fraction of sp³-hybridized carbons (Fsp3) is 0.0952. The SMILES string of the molecule is O=C(Nc1ccc(-n2c(=O)[nH]c3cc(NCC(F)(F)F)ccc3c2=O)c(Cl)c1)NS(=O)(=O)c1ccc(Cl)s1. The number of aromatic nitrogens is 2. The molecule has 2 amide bonds. The van der Waals surface area contributed by atoms with Crippen LogP contribution in [0.25, 0.3) is 16.6 Å². The number of carbonyl (C=O) groups is 1. The number of sulfonamides is 1. The number of hydrogen-bond acceptors (Lipinski definition) is 7. The van der Waals surface area contributed by atoms with Crippen LogP contribution in [-0.4, -0.2) is 36.7 Å². The predicted molar refractivity (Wildman–Crippen MR) is 138 cm³/mol. The Kier molecular flexibility index (Phi) is 7.47. The normalized spacial score (nSPS) is 11.9. The minimum atomic E-state index is -4.46. The Hall–Kier alpha value is -3.53. The van der Waals surface area contributed by atoms with Gasteiger partial charge in [0, 0.05) is 11.4 Å². The van der Waals surface area contributed by atoms with Gasteiger partial charge in [-0.2, -0.15) is 13.2 Å². The maximum atomic E-state index is 13.0. The zero-order chi connectivity index (χ0) is 27.8. The van der Waals surface area contributed by atoms with Crippen LogP contribution in [0.1, 0.15) is 0 Å². The molecule has 0 unspecified atom stereocenters. The van der Waals surface area contributed by atoms with Gasteiger partial charge in [0.2, 0.25) is 0 Å². The van der Waals surface area contributed by atoms with Crippen LogP contribution in [0.5, 0.6) is 0 Å². The van der Waals surface area contributed by atoms with Crippen LogP contribution in [-0.2, 0) is 10.0 Å². The van der Waals surface area contributed by atoms with Crippen molar-refractivity contribution in [2.24, 2.45) is 0 Å². The predicted octanol–water partition coefficient (Wildman–Crippen LogP) is 4.53. The number of alkyl halides is 3. The summed E-state index contributed by atoms with van der Waals surface area (Å²) in [6.45, 7) is -1.30. The number of carbonyl (C=O) groups excluding carboxylic acids is 1. The Balaban J connectivity index is 1.58. The lowest BCUT2D eigenvalue weighted by Crippen LogP contribution is -2.34. The van der Waals surface area contributed by atoms with E-state index in [-0.39, 0.29) is 41.5 Å². The number of thiophene rings is 1. The molecule has 200 valence electrons. The first-order valence-corrected chi connectivity index (χ1v) is 13.3. The van der Waals surface area contributed by atoms with Gasteiger partial charge in [-0.3, -0.25) is 4.79 Å². The van der Waals surface area contributed by atoms with Crippen LogP contribution in [0.15, 0.2) is 62.3 Å². The second-order valence-electron chi connectivity index (χ2n) is 7.58. The number of urea groups is 1. The molecule has 0 saturated carbocycles. The zero-order valence-electron chi connectivity index (χ0n) is 18.5. The number of benzene rings is 2. The van der Waals surface area contributed by atoms with E-state index in [4.69, 9.17) is 23.2 Å². The highest BCUT2D eigenvalue weighted by molar-refractivity contribution is 7.92. The van der Waals surface area contributed by atoms with Crippen LogP contribution in [0.3, 0.4) is 0 Å². The molecule has 0 atom stereocenters. The summed E-state index contributed by atoms with van der Waals surface area (Å²) in [5, 5.41) is 4.29. The van der Waals surface area contributed by atoms with E-state index in [1.807, 2.05) is 4.72 Å². The lowest BCUT2D eigenvalue weighted by atomic mass is 10.2. The van der Waals surface area contributed by atoms with Crippen molar-refractivity contribution in [3.8, 4) is 5.69 Å². The molecule has 2 aromatic carbocycles. The molecule has 38 heavy (non-hydrogen) atoms. The fourth-order valence-corrected chi connectivity index (χ4v) is 5.94. The number of nitrogens with one attached hydrogen (secondary N) is 4. The number of nitrogens with zero attached hydrogens (tertiary/aromatic N) is 1. The third-order valence-corrected chi connectivity index (χ3v) is 8.23. The molecule has 0 radical (unpaired) electrons. The van der Waals surface area contributed by atoms with E-state index in [0.29, 0.717) is 4.57 Å². The number of anilines is 2. The smallest absolute Gasteiger partial charge is 0.376 e. The molecule has 0 spiro atoms. The number of H-pyrrole nitrogens is 1. The molecule has 2 aromatic heterocycles. The molecule has 4 rings (SSSR count). The Labute approximate surface area is 225 Å². The second kappa shape index (κ2) is 10.3. The monoisotopic (exact) mass is 607 g/mol. The van der Waals surface area contributed by atoms with Crippen LogP contribution < -0.4 is 26.6 Å². The lowest BCUT2D eigenvalue weighted by Gasteiger charge is -2.12. The largest absolute Gasteiger partial charge is 0.405 e. The van der Waals surface area contributed by atoms with E-state index in [1.54, 1.807) is 0 Å². The van der Waals surface area contributed by atoms with E-state index >= 15 is 0 Å². The maximum absolute atomic E-state index is 13.0. The summed E-state index contributed by atoms with van der Waals surface area (Å²) in [5.41, 5.74) is -1.70. The highest BCUT2D eigenvalue weighted by Gasteiger charge is 2.26. The Morgan fingerprint density at radius 1 is 1.03 bits per heavy atom. The quantitative estimate of drug-likeness (QED) is 0.254. The molecule has 0 aliphatic carbocycles. The third kappa shape index (κ3) is 6.12. The van der Waals surface area contributed by atoms with E-state index in [9.17, 15) is 36.0 Å².